The molecule has 1 aromatic carbocycles. The number of hydrogen-bond donors (Lipinski definition) is 1. The molecule has 0 saturated heterocycles. The lowest BCUT2D eigenvalue weighted by molar-refractivity contribution is 0.807. The number of halogens is 1. The van der Waals surface area contributed by atoms with Crippen molar-refractivity contribution >= 4 is 17.5 Å². The van der Waals surface area contributed by atoms with Crippen LogP contribution in [0.1, 0.15) is 16.8 Å². The second-order valence-corrected chi connectivity index (χ2v) is 4.61. The number of imidazole rings is 1. The van der Waals surface area contributed by atoms with Gasteiger partial charge in [-0.25, -0.2) is 4.98 Å². The predicted molar refractivity (Wildman–Crippen MR) is 71.2 cm³/mol. The third-order valence-corrected chi connectivity index (χ3v) is 3.23. The highest BCUT2D eigenvalue weighted by Gasteiger charge is 2.10. The average molecular weight is 250 g/mol. The molecule has 1 aromatic heterocycles. The number of aryl methyl sites for hydroxylation is 2. The van der Waals surface area contributed by atoms with E-state index in [4.69, 9.17) is 17.3 Å². The van der Waals surface area contributed by atoms with Crippen LogP contribution in [0.25, 0.3) is 0 Å². The van der Waals surface area contributed by atoms with E-state index >= 15 is 0 Å². The van der Waals surface area contributed by atoms with Gasteiger partial charge in [0.05, 0.1) is 5.69 Å². The monoisotopic (exact) mass is 249 g/mol. The zero-order valence-electron chi connectivity index (χ0n) is 10.1. The fourth-order valence-corrected chi connectivity index (χ4v) is 2.23. The maximum absolute atomic E-state index is 6.04. The van der Waals surface area contributed by atoms with E-state index in [1.54, 1.807) is 0 Å². The van der Waals surface area contributed by atoms with Crippen LogP contribution in [0.4, 0.5) is 5.95 Å². The first-order chi connectivity index (χ1) is 8.08. The maximum atomic E-state index is 6.04. The van der Waals surface area contributed by atoms with Crippen LogP contribution in [0.15, 0.2) is 24.3 Å². The van der Waals surface area contributed by atoms with E-state index in [-0.39, 0.29) is 0 Å². The van der Waals surface area contributed by atoms with Gasteiger partial charge in [0.15, 0.2) is 5.15 Å². The number of nitrogens with two attached hydrogens (primary N) is 1. The maximum Gasteiger partial charge on any atom is 0.201 e. The van der Waals surface area contributed by atoms with Crippen LogP contribution in [0.2, 0.25) is 5.15 Å². The van der Waals surface area contributed by atoms with Crippen molar-refractivity contribution in [1.82, 2.24) is 9.55 Å². The predicted octanol–water partition coefficient (Wildman–Crippen LogP) is 2.75. The smallest absolute Gasteiger partial charge is 0.201 e. The van der Waals surface area contributed by atoms with Gasteiger partial charge in [0.25, 0.3) is 0 Å². The summed E-state index contributed by atoms with van der Waals surface area (Å²) in [4.78, 5) is 4.05. The Labute approximate surface area is 106 Å². The number of rotatable bonds is 3. The van der Waals surface area contributed by atoms with Gasteiger partial charge in [-0.1, -0.05) is 41.4 Å². The molecule has 0 radical (unpaired) electrons. The molecular formula is C13H16ClN3. The quantitative estimate of drug-likeness (QED) is 0.909. The Morgan fingerprint density at radius 3 is 2.71 bits per heavy atom. The normalized spacial score (nSPS) is 10.8. The molecule has 4 heteroatoms. The molecule has 0 atom stereocenters. The van der Waals surface area contributed by atoms with E-state index in [0.717, 1.165) is 18.5 Å². The standard InChI is InChI=1S/C13H16ClN3/c1-9-4-3-5-10(8-9)6-7-11-12(14)16-13(15)17(11)2/h3-5,8H,6-7H2,1-2H3,(H2,15,16). The number of nitrogen functional groups attached to an aromatic ring is 1. The SMILES string of the molecule is Cc1cccc(CCc2c(Cl)nc(N)n2C)c1. The zero-order valence-corrected chi connectivity index (χ0v) is 10.8. The Bertz CT molecular complexity index is 531. The van der Waals surface area contributed by atoms with Gasteiger partial charge >= 0.3 is 0 Å². The molecule has 0 bridgehead atoms. The Balaban J connectivity index is 2.12. The summed E-state index contributed by atoms with van der Waals surface area (Å²) in [5.41, 5.74) is 9.28. The van der Waals surface area contributed by atoms with Gasteiger partial charge in [0.1, 0.15) is 0 Å². The van der Waals surface area contributed by atoms with E-state index in [2.05, 4.69) is 36.2 Å². The molecule has 17 heavy (non-hydrogen) atoms. The van der Waals surface area contributed by atoms with Crippen molar-refractivity contribution in [3.05, 3.63) is 46.2 Å². The van der Waals surface area contributed by atoms with E-state index in [1.165, 1.54) is 11.1 Å². The molecule has 90 valence electrons. The summed E-state index contributed by atoms with van der Waals surface area (Å²) >= 11 is 6.04. The van der Waals surface area contributed by atoms with Crippen LogP contribution in [-0.2, 0) is 19.9 Å². The zero-order chi connectivity index (χ0) is 12.4. The first-order valence-corrected chi connectivity index (χ1v) is 5.98. The Kier molecular flexibility index (Phi) is 3.38. The summed E-state index contributed by atoms with van der Waals surface area (Å²) in [6.07, 6.45) is 1.80. The molecule has 0 aliphatic rings. The summed E-state index contributed by atoms with van der Waals surface area (Å²) in [6.45, 7) is 2.10. The molecule has 0 amide bonds. The topological polar surface area (TPSA) is 43.8 Å². The number of benzene rings is 1. The van der Waals surface area contributed by atoms with Crippen molar-refractivity contribution in [3.63, 3.8) is 0 Å². The van der Waals surface area contributed by atoms with E-state index in [9.17, 15) is 0 Å². The van der Waals surface area contributed by atoms with Gasteiger partial charge < -0.3 is 10.3 Å². The van der Waals surface area contributed by atoms with Gasteiger partial charge in [-0.3, -0.25) is 0 Å². The van der Waals surface area contributed by atoms with E-state index < -0.39 is 0 Å². The van der Waals surface area contributed by atoms with Gasteiger partial charge in [-0.2, -0.15) is 0 Å². The minimum Gasteiger partial charge on any atom is -0.369 e. The van der Waals surface area contributed by atoms with Crippen LogP contribution in [0.5, 0.6) is 0 Å². The number of nitrogens with zero attached hydrogens (tertiary/aromatic N) is 2. The number of aromatic nitrogens is 2. The van der Waals surface area contributed by atoms with Crippen LogP contribution < -0.4 is 5.73 Å². The second-order valence-electron chi connectivity index (χ2n) is 4.26. The van der Waals surface area contributed by atoms with Gasteiger partial charge in [0, 0.05) is 7.05 Å². The fourth-order valence-electron chi connectivity index (χ4n) is 1.92. The van der Waals surface area contributed by atoms with Gasteiger partial charge in [0.2, 0.25) is 5.95 Å². The van der Waals surface area contributed by atoms with Crippen molar-refractivity contribution in [3.8, 4) is 0 Å². The van der Waals surface area contributed by atoms with Gasteiger partial charge in [-0.15, -0.1) is 0 Å². The third kappa shape index (κ3) is 2.61. The molecule has 0 aliphatic carbocycles. The minimum atomic E-state index is 0.467. The average Bonchev–Trinajstić information content (AvgIpc) is 2.51. The molecule has 0 unspecified atom stereocenters. The van der Waals surface area contributed by atoms with Crippen molar-refractivity contribution in [1.29, 1.82) is 0 Å². The Hall–Kier alpha value is -1.48. The van der Waals surface area contributed by atoms with Crippen LogP contribution in [0, 0.1) is 6.92 Å². The van der Waals surface area contributed by atoms with Crippen molar-refractivity contribution in [2.75, 3.05) is 5.73 Å². The fraction of sp³-hybridized carbons (Fsp3) is 0.308. The molecule has 1 heterocycles. The second kappa shape index (κ2) is 4.80. The lowest BCUT2D eigenvalue weighted by Crippen LogP contribution is -2.03. The molecule has 3 nitrogen and oxygen atoms in total. The third-order valence-electron chi connectivity index (χ3n) is 2.93. The van der Waals surface area contributed by atoms with Crippen molar-refractivity contribution < 1.29 is 0 Å². The molecule has 2 rings (SSSR count). The van der Waals surface area contributed by atoms with Crippen molar-refractivity contribution in [2.45, 2.75) is 19.8 Å². The summed E-state index contributed by atoms with van der Waals surface area (Å²) in [5, 5.41) is 0.512. The van der Waals surface area contributed by atoms with Crippen LogP contribution >= 0.6 is 11.6 Å². The number of anilines is 1. The lowest BCUT2D eigenvalue weighted by atomic mass is 10.1. The highest BCUT2D eigenvalue weighted by atomic mass is 35.5. The Morgan fingerprint density at radius 2 is 2.12 bits per heavy atom. The largest absolute Gasteiger partial charge is 0.369 e. The Morgan fingerprint density at radius 1 is 1.35 bits per heavy atom. The van der Waals surface area contributed by atoms with Crippen molar-refractivity contribution in [2.24, 2.45) is 7.05 Å². The summed E-state index contributed by atoms with van der Waals surface area (Å²) in [6, 6.07) is 8.48. The molecule has 0 spiro atoms. The van der Waals surface area contributed by atoms with E-state index in [1.807, 2.05) is 11.6 Å². The van der Waals surface area contributed by atoms with Gasteiger partial charge in [-0.05, 0) is 25.3 Å². The first-order valence-electron chi connectivity index (χ1n) is 5.60. The molecule has 0 aliphatic heterocycles. The van der Waals surface area contributed by atoms with E-state index in [0.29, 0.717) is 11.1 Å². The first kappa shape index (κ1) is 12.0. The molecule has 0 saturated carbocycles. The van der Waals surface area contributed by atoms with Crippen LogP contribution in [-0.4, -0.2) is 9.55 Å². The highest BCUT2D eigenvalue weighted by molar-refractivity contribution is 6.30. The highest BCUT2D eigenvalue weighted by Crippen LogP contribution is 2.19. The molecule has 2 aromatic rings. The molecular weight excluding hydrogens is 234 g/mol. The lowest BCUT2D eigenvalue weighted by Gasteiger charge is -2.05. The minimum absolute atomic E-state index is 0.467. The number of hydrogen-bond acceptors (Lipinski definition) is 2. The summed E-state index contributed by atoms with van der Waals surface area (Å²) in [5.74, 6) is 0.467. The molecule has 2 N–H and O–H groups in total. The molecule has 0 fully saturated rings. The van der Waals surface area contributed by atoms with Crippen LogP contribution in [0.3, 0.4) is 0 Å². The summed E-state index contributed by atoms with van der Waals surface area (Å²) in [7, 11) is 1.89. The summed E-state index contributed by atoms with van der Waals surface area (Å²) < 4.78 is 1.85.